The quantitative estimate of drug-likeness (QED) is 0.860. The van der Waals surface area contributed by atoms with Crippen molar-refractivity contribution in [2.45, 2.75) is 26.7 Å². The molecule has 90 valence electrons. The Morgan fingerprint density at radius 2 is 1.76 bits per heavy atom. The molecule has 3 heteroatoms. The Morgan fingerprint density at radius 3 is 2.29 bits per heavy atom. The average molecular weight is 230 g/mol. The van der Waals surface area contributed by atoms with Crippen LogP contribution in [-0.4, -0.2) is 14.9 Å². The van der Waals surface area contributed by atoms with Crippen LogP contribution >= 0.6 is 0 Å². The number of hydrogen-bond acceptors (Lipinski definition) is 2. The van der Waals surface area contributed by atoms with Crippen LogP contribution in [0.5, 0.6) is 5.88 Å². The van der Waals surface area contributed by atoms with Crippen molar-refractivity contribution in [3.05, 3.63) is 35.5 Å². The molecule has 0 fully saturated rings. The molecule has 0 radical (unpaired) electrons. The van der Waals surface area contributed by atoms with Gasteiger partial charge in [0.25, 0.3) is 0 Å². The molecule has 2 aromatic rings. The Kier molecular flexibility index (Phi) is 2.92. The first-order valence-corrected chi connectivity index (χ1v) is 5.83. The molecule has 1 N–H and O–H groups in total. The second kappa shape index (κ2) is 4.24. The zero-order chi connectivity index (χ0) is 12.6. The van der Waals surface area contributed by atoms with Gasteiger partial charge in [-0.2, -0.15) is 5.10 Å². The van der Waals surface area contributed by atoms with Crippen molar-refractivity contribution in [3.63, 3.8) is 0 Å². The van der Waals surface area contributed by atoms with Gasteiger partial charge in [-0.25, -0.2) is 4.68 Å². The summed E-state index contributed by atoms with van der Waals surface area (Å²) in [6.07, 6.45) is 0. The zero-order valence-electron chi connectivity index (χ0n) is 10.7. The molecule has 0 atom stereocenters. The number of hydrogen-bond donors (Lipinski definition) is 1. The Hall–Kier alpha value is -1.77. The highest BCUT2D eigenvalue weighted by Gasteiger charge is 2.19. The Morgan fingerprint density at radius 1 is 1.18 bits per heavy atom. The van der Waals surface area contributed by atoms with Crippen molar-refractivity contribution >= 4 is 0 Å². The van der Waals surface area contributed by atoms with Crippen LogP contribution in [0.1, 0.15) is 31.0 Å². The van der Waals surface area contributed by atoms with E-state index in [4.69, 9.17) is 0 Å². The smallest absolute Gasteiger partial charge is 0.217 e. The fraction of sp³-hybridized carbons (Fsp3) is 0.357. The van der Waals surface area contributed by atoms with Crippen LogP contribution in [0, 0.1) is 6.92 Å². The summed E-state index contributed by atoms with van der Waals surface area (Å²) >= 11 is 0. The maximum atomic E-state index is 10.1. The number of rotatable bonds is 2. The number of aromatic hydroxyl groups is 1. The Labute approximate surface area is 102 Å². The topological polar surface area (TPSA) is 38.0 Å². The molecule has 3 nitrogen and oxygen atoms in total. The minimum absolute atomic E-state index is 0.234. The molecule has 0 aliphatic rings. The third kappa shape index (κ3) is 2.05. The molecule has 2 rings (SSSR count). The SMILES string of the molecule is Cc1ccc(-c2c(C(C)C)nn(C)c2O)cc1. The van der Waals surface area contributed by atoms with Gasteiger partial charge in [-0.3, -0.25) is 0 Å². The lowest BCUT2D eigenvalue weighted by molar-refractivity contribution is 0.420. The van der Waals surface area contributed by atoms with Crippen molar-refractivity contribution in [1.29, 1.82) is 0 Å². The molecule has 0 aliphatic carbocycles. The fourth-order valence-electron chi connectivity index (χ4n) is 1.94. The predicted octanol–water partition coefficient (Wildman–Crippen LogP) is 3.22. The summed E-state index contributed by atoms with van der Waals surface area (Å²) in [6.45, 7) is 6.22. The van der Waals surface area contributed by atoms with Crippen molar-refractivity contribution in [2.75, 3.05) is 0 Å². The molecule has 0 unspecified atom stereocenters. The first-order chi connectivity index (χ1) is 8.00. The molecule has 1 aromatic carbocycles. The molecule has 0 saturated heterocycles. The summed E-state index contributed by atoms with van der Waals surface area (Å²) in [5.74, 6) is 0.524. The van der Waals surface area contributed by atoms with E-state index >= 15 is 0 Å². The predicted molar refractivity (Wildman–Crippen MR) is 69.1 cm³/mol. The number of nitrogens with zero attached hydrogens (tertiary/aromatic N) is 2. The largest absolute Gasteiger partial charge is 0.493 e. The molecule has 17 heavy (non-hydrogen) atoms. The van der Waals surface area contributed by atoms with E-state index < -0.39 is 0 Å². The highest BCUT2D eigenvalue weighted by atomic mass is 16.3. The molecule has 0 saturated carbocycles. The van der Waals surface area contributed by atoms with Crippen LogP contribution in [0.3, 0.4) is 0 Å². The fourth-order valence-corrected chi connectivity index (χ4v) is 1.94. The van der Waals surface area contributed by atoms with Gasteiger partial charge in [0.2, 0.25) is 5.88 Å². The van der Waals surface area contributed by atoms with Crippen molar-refractivity contribution in [1.82, 2.24) is 9.78 Å². The van der Waals surface area contributed by atoms with Gasteiger partial charge in [0.05, 0.1) is 11.3 Å². The van der Waals surface area contributed by atoms with Crippen molar-refractivity contribution in [3.8, 4) is 17.0 Å². The number of benzene rings is 1. The summed E-state index contributed by atoms with van der Waals surface area (Å²) in [5.41, 5.74) is 4.02. The minimum Gasteiger partial charge on any atom is -0.493 e. The summed E-state index contributed by atoms with van der Waals surface area (Å²) < 4.78 is 1.53. The van der Waals surface area contributed by atoms with E-state index in [0.29, 0.717) is 5.92 Å². The van der Waals surface area contributed by atoms with Gasteiger partial charge in [-0.15, -0.1) is 0 Å². The molecular weight excluding hydrogens is 212 g/mol. The zero-order valence-corrected chi connectivity index (χ0v) is 10.7. The van der Waals surface area contributed by atoms with Gasteiger partial charge in [0.1, 0.15) is 0 Å². The molecule has 0 spiro atoms. The molecule has 1 heterocycles. The van der Waals surface area contributed by atoms with E-state index in [-0.39, 0.29) is 5.88 Å². The first-order valence-electron chi connectivity index (χ1n) is 5.83. The van der Waals surface area contributed by atoms with E-state index in [1.54, 1.807) is 7.05 Å². The van der Waals surface area contributed by atoms with Crippen LogP contribution in [-0.2, 0) is 7.05 Å². The van der Waals surface area contributed by atoms with Crippen LogP contribution in [0.25, 0.3) is 11.1 Å². The molecular formula is C14H18N2O. The van der Waals surface area contributed by atoms with Gasteiger partial charge >= 0.3 is 0 Å². The average Bonchev–Trinajstić information content (AvgIpc) is 2.57. The van der Waals surface area contributed by atoms with Gasteiger partial charge in [0.15, 0.2) is 0 Å². The van der Waals surface area contributed by atoms with E-state index in [9.17, 15) is 5.11 Å². The normalized spacial score (nSPS) is 11.1. The van der Waals surface area contributed by atoms with E-state index in [1.807, 2.05) is 24.3 Å². The standard InChI is InChI=1S/C14H18N2O/c1-9(2)13-12(14(17)16(4)15-13)11-7-5-10(3)6-8-11/h5-9,17H,1-4H3. The van der Waals surface area contributed by atoms with Gasteiger partial charge in [-0.05, 0) is 18.4 Å². The molecule has 0 amide bonds. The lowest BCUT2D eigenvalue weighted by atomic mass is 9.99. The van der Waals surface area contributed by atoms with E-state index in [0.717, 1.165) is 16.8 Å². The van der Waals surface area contributed by atoms with Crippen molar-refractivity contribution < 1.29 is 5.11 Å². The van der Waals surface area contributed by atoms with Crippen LogP contribution in [0.15, 0.2) is 24.3 Å². The van der Waals surface area contributed by atoms with E-state index in [1.165, 1.54) is 10.2 Å². The highest BCUT2D eigenvalue weighted by Crippen LogP contribution is 2.35. The minimum atomic E-state index is 0.234. The second-order valence-corrected chi connectivity index (χ2v) is 4.73. The Bertz CT molecular complexity index is 524. The number of aryl methyl sites for hydroxylation is 2. The van der Waals surface area contributed by atoms with Gasteiger partial charge in [-0.1, -0.05) is 43.7 Å². The highest BCUT2D eigenvalue weighted by molar-refractivity contribution is 5.71. The maximum Gasteiger partial charge on any atom is 0.217 e. The summed E-state index contributed by atoms with van der Waals surface area (Å²) in [7, 11) is 1.76. The van der Waals surface area contributed by atoms with Crippen molar-refractivity contribution in [2.24, 2.45) is 7.05 Å². The summed E-state index contributed by atoms with van der Waals surface area (Å²) in [5, 5.41) is 14.5. The molecule has 0 bridgehead atoms. The van der Waals surface area contributed by atoms with Gasteiger partial charge in [0, 0.05) is 7.05 Å². The number of aromatic nitrogens is 2. The van der Waals surface area contributed by atoms with Crippen LogP contribution < -0.4 is 0 Å². The molecule has 1 aromatic heterocycles. The third-order valence-electron chi connectivity index (χ3n) is 2.93. The van der Waals surface area contributed by atoms with Gasteiger partial charge < -0.3 is 5.11 Å². The monoisotopic (exact) mass is 230 g/mol. The first kappa shape index (κ1) is 11.7. The third-order valence-corrected chi connectivity index (χ3v) is 2.93. The van der Waals surface area contributed by atoms with Crippen LogP contribution in [0.4, 0.5) is 0 Å². The second-order valence-electron chi connectivity index (χ2n) is 4.73. The molecule has 0 aliphatic heterocycles. The summed E-state index contributed by atoms with van der Waals surface area (Å²) in [6, 6.07) is 8.15. The maximum absolute atomic E-state index is 10.1. The Balaban J connectivity index is 2.61. The summed E-state index contributed by atoms with van der Waals surface area (Å²) in [4.78, 5) is 0. The lowest BCUT2D eigenvalue weighted by Gasteiger charge is -2.06. The van der Waals surface area contributed by atoms with Crippen LogP contribution in [0.2, 0.25) is 0 Å². The van der Waals surface area contributed by atoms with E-state index in [2.05, 4.69) is 25.9 Å². The lowest BCUT2D eigenvalue weighted by Crippen LogP contribution is -1.93.